The molecule has 1 aliphatic carbocycles. The summed E-state index contributed by atoms with van der Waals surface area (Å²) in [6, 6.07) is 0.143. The molecular formula is C13H20N4O3. The van der Waals surface area contributed by atoms with Crippen molar-refractivity contribution in [1.29, 1.82) is 0 Å². The minimum Gasteiger partial charge on any atom is -0.409 e. The van der Waals surface area contributed by atoms with E-state index in [-0.39, 0.29) is 23.7 Å². The molecule has 2 aliphatic heterocycles. The van der Waals surface area contributed by atoms with E-state index in [2.05, 4.69) is 5.16 Å². The van der Waals surface area contributed by atoms with Crippen LogP contribution in [0.4, 0.5) is 0 Å². The lowest BCUT2D eigenvalue weighted by Gasteiger charge is -2.45. The van der Waals surface area contributed by atoms with Crippen molar-refractivity contribution in [2.24, 2.45) is 16.3 Å². The smallest absolute Gasteiger partial charge is 0.236 e. The minimum absolute atomic E-state index is 0.0266. The number of amides is 2. The van der Waals surface area contributed by atoms with Gasteiger partial charge in [-0.25, -0.2) is 0 Å². The molecule has 7 nitrogen and oxygen atoms in total. The number of piperazine rings is 1. The molecule has 3 rings (SSSR count). The molecule has 1 atom stereocenters. The molecular weight excluding hydrogens is 260 g/mol. The van der Waals surface area contributed by atoms with Crippen LogP contribution in [-0.4, -0.2) is 58.3 Å². The summed E-state index contributed by atoms with van der Waals surface area (Å²) in [7, 11) is 0. The summed E-state index contributed by atoms with van der Waals surface area (Å²) in [5.41, 5.74) is 4.93. The summed E-state index contributed by atoms with van der Waals surface area (Å²) in [5.74, 6) is 0.175. The summed E-state index contributed by atoms with van der Waals surface area (Å²) in [5, 5.41) is 12.0. The SMILES string of the molecule is NC(=NO)C1(C(=O)N2CCN3C(=O)CCC3C2)CCC1. The molecule has 0 radical (unpaired) electrons. The van der Waals surface area contributed by atoms with Gasteiger partial charge in [0, 0.05) is 32.1 Å². The van der Waals surface area contributed by atoms with E-state index in [0.717, 1.165) is 12.8 Å². The van der Waals surface area contributed by atoms with E-state index in [9.17, 15) is 9.59 Å². The van der Waals surface area contributed by atoms with Gasteiger partial charge >= 0.3 is 0 Å². The van der Waals surface area contributed by atoms with E-state index in [1.807, 2.05) is 4.90 Å². The van der Waals surface area contributed by atoms with Crippen molar-refractivity contribution in [2.75, 3.05) is 19.6 Å². The highest BCUT2D eigenvalue weighted by Crippen LogP contribution is 2.43. The fourth-order valence-electron chi connectivity index (χ4n) is 3.56. The zero-order chi connectivity index (χ0) is 14.3. The Morgan fingerprint density at radius 1 is 1.40 bits per heavy atom. The van der Waals surface area contributed by atoms with E-state index < -0.39 is 5.41 Å². The fraction of sp³-hybridized carbons (Fsp3) is 0.769. The number of nitrogens with zero attached hydrogens (tertiary/aromatic N) is 3. The molecule has 2 saturated heterocycles. The summed E-state index contributed by atoms with van der Waals surface area (Å²) < 4.78 is 0. The Kier molecular flexibility index (Phi) is 3.07. The van der Waals surface area contributed by atoms with Gasteiger partial charge in [0.05, 0.1) is 0 Å². The number of oxime groups is 1. The van der Waals surface area contributed by atoms with Crippen molar-refractivity contribution in [3.8, 4) is 0 Å². The maximum atomic E-state index is 12.7. The number of rotatable bonds is 2. The third-order valence-electron chi connectivity index (χ3n) is 5.00. The molecule has 2 heterocycles. The first kappa shape index (κ1) is 13.2. The number of amidine groups is 1. The second kappa shape index (κ2) is 4.64. The van der Waals surface area contributed by atoms with E-state index in [1.54, 1.807) is 4.90 Å². The highest BCUT2D eigenvalue weighted by molar-refractivity contribution is 6.07. The molecule has 110 valence electrons. The molecule has 0 aromatic carbocycles. The Balaban J connectivity index is 1.74. The maximum Gasteiger partial charge on any atom is 0.236 e. The molecule has 3 aliphatic rings. The zero-order valence-electron chi connectivity index (χ0n) is 11.4. The van der Waals surface area contributed by atoms with Crippen LogP contribution in [0.3, 0.4) is 0 Å². The van der Waals surface area contributed by atoms with Crippen molar-refractivity contribution < 1.29 is 14.8 Å². The van der Waals surface area contributed by atoms with Crippen LogP contribution in [0.25, 0.3) is 0 Å². The van der Waals surface area contributed by atoms with Gasteiger partial charge in [-0.15, -0.1) is 0 Å². The van der Waals surface area contributed by atoms with Gasteiger partial charge in [-0.1, -0.05) is 11.6 Å². The first-order chi connectivity index (χ1) is 9.58. The van der Waals surface area contributed by atoms with Gasteiger partial charge in [0.15, 0.2) is 5.84 Å². The normalized spacial score (nSPS) is 29.1. The summed E-state index contributed by atoms with van der Waals surface area (Å²) in [4.78, 5) is 28.0. The lowest BCUT2D eigenvalue weighted by molar-refractivity contribution is -0.147. The molecule has 20 heavy (non-hydrogen) atoms. The highest BCUT2D eigenvalue weighted by Gasteiger charge is 2.51. The summed E-state index contributed by atoms with van der Waals surface area (Å²) in [6.07, 6.45) is 3.61. The zero-order valence-corrected chi connectivity index (χ0v) is 11.4. The van der Waals surface area contributed by atoms with E-state index in [0.29, 0.717) is 38.9 Å². The second-order valence-electron chi connectivity index (χ2n) is 5.95. The predicted molar refractivity (Wildman–Crippen MR) is 71.0 cm³/mol. The number of hydrogen-bond acceptors (Lipinski definition) is 4. The Morgan fingerprint density at radius 3 is 2.75 bits per heavy atom. The Labute approximate surface area is 117 Å². The van der Waals surface area contributed by atoms with Gasteiger partial charge in [0.2, 0.25) is 11.8 Å². The highest BCUT2D eigenvalue weighted by atomic mass is 16.4. The van der Waals surface area contributed by atoms with Crippen LogP contribution in [-0.2, 0) is 9.59 Å². The fourth-order valence-corrected chi connectivity index (χ4v) is 3.56. The van der Waals surface area contributed by atoms with Crippen molar-refractivity contribution in [3.05, 3.63) is 0 Å². The van der Waals surface area contributed by atoms with Gasteiger partial charge < -0.3 is 20.7 Å². The Bertz CT molecular complexity index is 472. The molecule has 0 bridgehead atoms. The summed E-state index contributed by atoms with van der Waals surface area (Å²) >= 11 is 0. The number of fused-ring (bicyclic) bond motifs is 1. The van der Waals surface area contributed by atoms with Crippen molar-refractivity contribution >= 4 is 17.6 Å². The van der Waals surface area contributed by atoms with Crippen molar-refractivity contribution in [1.82, 2.24) is 9.80 Å². The minimum atomic E-state index is -0.806. The van der Waals surface area contributed by atoms with Crippen LogP contribution in [0.5, 0.6) is 0 Å². The molecule has 3 fully saturated rings. The first-order valence-electron chi connectivity index (χ1n) is 7.15. The van der Waals surface area contributed by atoms with Crippen molar-refractivity contribution in [3.63, 3.8) is 0 Å². The van der Waals surface area contributed by atoms with E-state index in [4.69, 9.17) is 10.9 Å². The lowest BCUT2D eigenvalue weighted by atomic mass is 9.66. The van der Waals surface area contributed by atoms with Gasteiger partial charge in [-0.2, -0.15) is 0 Å². The molecule has 3 N–H and O–H groups in total. The summed E-state index contributed by atoms with van der Waals surface area (Å²) in [6.45, 7) is 1.72. The lowest BCUT2D eigenvalue weighted by Crippen LogP contribution is -2.60. The third kappa shape index (κ3) is 1.76. The Morgan fingerprint density at radius 2 is 2.15 bits per heavy atom. The second-order valence-corrected chi connectivity index (χ2v) is 5.95. The average Bonchev–Trinajstić information content (AvgIpc) is 2.78. The van der Waals surface area contributed by atoms with Crippen LogP contribution in [0.1, 0.15) is 32.1 Å². The predicted octanol–water partition coefficient (Wildman–Crippen LogP) is -0.264. The number of carbonyl (C=O) groups excluding carboxylic acids is 2. The van der Waals surface area contributed by atoms with Crippen LogP contribution in [0.15, 0.2) is 5.16 Å². The first-order valence-corrected chi connectivity index (χ1v) is 7.15. The van der Waals surface area contributed by atoms with Crippen LogP contribution in [0.2, 0.25) is 0 Å². The molecule has 0 spiro atoms. The van der Waals surface area contributed by atoms with E-state index >= 15 is 0 Å². The average molecular weight is 280 g/mol. The van der Waals surface area contributed by atoms with Gasteiger partial charge in [0.25, 0.3) is 0 Å². The van der Waals surface area contributed by atoms with E-state index in [1.165, 1.54) is 0 Å². The molecule has 1 unspecified atom stereocenters. The van der Waals surface area contributed by atoms with Crippen molar-refractivity contribution in [2.45, 2.75) is 38.1 Å². The largest absolute Gasteiger partial charge is 0.409 e. The maximum absolute atomic E-state index is 12.7. The number of carbonyl (C=O) groups is 2. The van der Waals surface area contributed by atoms with Gasteiger partial charge in [-0.05, 0) is 19.3 Å². The molecule has 0 aromatic rings. The Hall–Kier alpha value is -1.79. The molecule has 7 heteroatoms. The van der Waals surface area contributed by atoms with Gasteiger partial charge in [-0.3, -0.25) is 9.59 Å². The molecule has 0 aromatic heterocycles. The topological polar surface area (TPSA) is 99.2 Å². The number of hydrogen-bond donors (Lipinski definition) is 2. The van der Waals surface area contributed by atoms with Gasteiger partial charge in [0.1, 0.15) is 5.41 Å². The van der Waals surface area contributed by atoms with Crippen LogP contribution in [0, 0.1) is 5.41 Å². The molecule has 1 saturated carbocycles. The van der Waals surface area contributed by atoms with Crippen LogP contribution < -0.4 is 5.73 Å². The standard InChI is InChI=1S/C13H20N4O3/c14-11(15-20)13(4-1-5-13)12(19)16-6-7-17-9(8-16)2-3-10(17)18/h9,20H,1-8H2,(H2,14,15). The number of nitrogens with two attached hydrogens (primary N) is 1. The molecule has 2 amide bonds. The quantitative estimate of drug-likeness (QED) is 0.315. The van der Waals surface area contributed by atoms with Crippen LogP contribution >= 0.6 is 0 Å². The monoisotopic (exact) mass is 280 g/mol. The third-order valence-corrected chi connectivity index (χ3v) is 5.00.